The van der Waals surface area contributed by atoms with Crippen LogP contribution >= 0.6 is 57.4 Å². The zero-order valence-electron chi connectivity index (χ0n) is 5.59. The van der Waals surface area contributed by atoms with Crippen molar-refractivity contribution >= 4 is 57.4 Å². The Morgan fingerprint density at radius 2 is 1.73 bits per heavy atom. The molecule has 0 saturated heterocycles. The summed E-state index contributed by atoms with van der Waals surface area (Å²) < 4.78 is 0.854. The zero-order valence-corrected chi connectivity index (χ0v) is 10.0. The molecule has 1 aromatic rings. The van der Waals surface area contributed by atoms with Crippen LogP contribution in [0.4, 0.5) is 0 Å². The molecule has 1 rings (SSSR count). The second kappa shape index (κ2) is 3.69. The number of rotatable bonds is 0. The SMILES string of the molecule is Cc1c(Cl)cc(Cl)c(I)c1Cl. The quantitative estimate of drug-likeness (QED) is 0.373. The van der Waals surface area contributed by atoms with Crippen LogP contribution in [0.5, 0.6) is 0 Å². The first-order chi connectivity index (χ1) is 5.04. The minimum atomic E-state index is 0.603. The van der Waals surface area contributed by atoms with Crippen LogP contribution < -0.4 is 0 Å². The molecule has 0 bridgehead atoms. The van der Waals surface area contributed by atoms with Crippen LogP contribution in [0.3, 0.4) is 0 Å². The number of benzene rings is 1. The van der Waals surface area contributed by atoms with Gasteiger partial charge >= 0.3 is 0 Å². The van der Waals surface area contributed by atoms with Crippen molar-refractivity contribution in [3.8, 4) is 0 Å². The van der Waals surface area contributed by atoms with Crippen LogP contribution in [-0.2, 0) is 0 Å². The van der Waals surface area contributed by atoms with Crippen molar-refractivity contribution in [2.45, 2.75) is 6.92 Å². The molecule has 0 aliphatic carbocycles. The van der Waals surface area contributed by atoms with Gasteiger partial charge in [-0.05, 0) is 41.1 Å². The zero-order chi connectivity index (χ0) is 8.59. The highest BCUT2D eigenvalue weighted by molar-refractivity contribution is 14.1. The molecule has 0 amide bonds. The minimum Gasteiger partial charge on any atom is -0.0839 e. The minimum absolute atomic E-state index is 0.603. The summed E-state index contributed by atoms with van der Waals surface area (Å²) >= 11 is 19.6. The van der Waals surface area contributed by atoms with Crippen LogP contribution in [0.25, 0.3) is 0 Å². The third-order valence-electron chi connectivity index (χ3n) is 1.34. The van der Waals surface area contributed by atoms with Crippen molar-refractivity contribution in [2.75, 3.05) is 0 Å². The van der Waals surface area contributed by atoms with E-state index in [0.717, 1.165) is 9.13 Å². The third-order valence-corrected chi connectivity index (χ3v) is 4.26. The topological polar surface area (TPSA) is 0 Å². The van der Waals surface area contributed by atoms with Crippen molar-refractivity contribution in [3.63, 3.8) is 0 Å². The Morgan fingerprint density at radius 1 is 1.18 bits per heavy atom. The maximum Gasteiger partial charge on any atom is 0.0598 e. The molecule has 0 saturated carbocycles. The molecular formula is C7H4Cl3I. The molecule has 0 aliphatic heterocycles. The molecule has 1 aromatic carbocycles. The Morgan fingerprint density at radius 3 is 2.27 bits per heavy atom. The van der Waals surface area contributed by atoms with E-state index in [9.17, 15) is 0 Å². The van der Waals surface area contributed by atoms with Gasteiger partial charge in [-0.1, -0.05) is 34.8 Å². The highest BCUT2D eigenvalue weighted by Crippen LogP contribution is 2.33. The fourth-order valence-corrected chi connectivity index (χ4v) is 1.98. The summed E-state index contributed by atoms with van der Waals surface area (Å²) in [6.45, 7) is 1.86. The molecule has 0 aliphatic rings. The van der Waals surface area contributed by atoms with Gasteiger partial charge in [-0.25, -0.2) is 0 Å². The number of hydrogen-bond donors (Lipinski definition) is 0. The molecule has 0 atom stereocenters. The average molecular weight is 321 g/mol. The van der Waals surface area contributed by atoms with E-state index < -0.39 is 0 Å². The second-order valence-electron chi connectivity index (χ2n) is 2.09. The van der Waals surface area contributed by atoms with Gasteiger partial charge in [0.2, 0.25) is 0 Å². The van der Waals surface area contributed by atoms with E-state index in [4.69, 9.17) is 34.8 Å². The van der Waals surface area contributed by atoms with E-state index in [1.807, 2.05) is 6.92 Å². The average Bonchev–Trinajstić information content (AvgIpc) is 1.97. The predicted molar refractivity (Wildman–Crippen MR) is 58.9 cm³/mol. The molecule has 0 nitrogen and oxygen atoms in total. The Hall–Kier alpha value is 0.820. The van der Waals surface area contributed by atoms with Gasteiger partial charge < -0.3 is 0 Å². The van der Waals surface area contributed by atoms with E-state index in [-0.39, 0.29) is 0 Å². The van der Waals surface area contributed by atoms with Crippen molar-refractivity contribution in [2.24, 2.45) is 0 Å². The molecule has 0 radical (unpaired) electrons. The summed E-state index contributed by atoms with van der Waals surface area (Å²) in [5, 5.41) is 1.86. The van der Waals surface area contributed by atoms with Gasteiger partial charge in [0.1, 0.15) is 0 Å². The highest BCUT2D eigenvalue weighted by atomic mass is 127. The lowest BCUT2D eigenvalue weighted by molar-refractivity contribution is 1.45. The van der Waals surface area contributed by atoms with Crippen LogP contribution in [-0.4, -0.2) is 0 Å². The maximum absolute atomic E-state index is 5.91. The molecule has 0 unspecified atom stereocenters. The smallest absolute Gasteiger partial charge is 0.0598 e. The van der Waals surface area contributed by atoms with Crippen molar-refractivity contribution in [1.29, 1.82) is 0 Å². The van der Waals surface area contributed by atoms with E-state index >= 15 is 0 Å². The summed E-state index contributed by atoms with van der Waals surface area (Å²) in [4.78, 5) is 0. The van der Waals surface area contributed by atoms with Gasteiger partial charge in [-0.2, -0.15) is 0 Å². The van der Waals surface area contributed by atoms with Gasteiger partial charge in [0, 0.05) is 5.02 Å². The van der Waals surface area contributed by atoms with Crippen molar-refractivity contribution < 1.29 is 0 Å². The lowest BCUT2D eigenvalue weighted by Gasteiger charge is -2.04. The van der Waals surface area contributed by atoms with Gasteiger partial charge in [0.05, 0.1) is 13.6 Å². The number of hydrogen-bond acceptors (Lipinski definition) is 0. The van der Waals surface area contributed by atoms with Gasteiger partial charge in [-0.15, -0.1) is 0 Å². The van der Waals surface area contributed by atoms with Crippen LogP contribution in [0.15, 0.2) is 6.07 Å². The molecule has 0 spiro atoms. The Labute approximate surface area is 94.0 Å². The molecule has 0 heterocycles. The molecule has 4 heteroatoms. The van der Waals surface area contributed by atoms with Gasteiger partial charge in [0.25, 0.3) is 0 Å². The maximum atomic E-state index is 5.91. The number of halogens is 4. The highest BCUT2D eigenvalue weighted by Gasteiger charge is 2.08. The largest absolute Gasteiger partial charge is 0.0839 e. The van der Waals surface area contributed by atoms with E-state index in [0.29, 0.717) is 15.1 Å². The fraction of sp³-hybridized carbons (Fsp3) is 0.143. The first-order valence-corrected chi connectivity index (χ1v) is 5.05. The summed E-state index contributed by atoms with van der Waals surface area (Å²) in [5.74, 6) is 0. The van der Waals surface area contributed by atoms with Gasteiger partial charge in [0.15, 0.2) is 0 Å². The Kier molecular flexibility index (Phi) is 3.32. The Balaban J connectivity index is 3.46. The monoisotopic (exact) mass is 320 g/mol. The molecular weight excluding hydrogens is 317 g/mol. The second-order valence-corrected chi connectivity index (χ2v) is 4.36. The lowest BCUT2D eigenvalue weighted by Crippen LogP contribution is -1.83. The molecule has 11 heavy (non-hydrogen) atoms. The molecule has 0 N–H and O–H groups in total. The summed E-state index contributed by atoms with van der Waals surface area (Å²) in [7, 11) is 0. The molecule has 60 valence electrons. The predicted octanol–water partition coefficient (Wildman–Crippen LogP) is 4.56. The van der Waals surface area contributed by atoms with Crippen LogP contribution in [0, 0.1) is 10.5 Å². The molecule has 0 aromatic heterocycles. The van der Waals surface area contributed by atoms with Crippen LogP contribution in [0.1, 0.15) is 5.56 Å². The fourth-order valence-electron chi connectivity index (χ4n) is 0.657. The Bertz CT molecular complexity index is 270. The van der Waals surface area contributed by atoms with Gasteiger partial charge in [-0.3, -0.25) is 0 Å². The van der Waals surface area contributed by atoms with E-state index in [1.54, 1.807) is 6.07 Å². The summed E-state index contributed by atoms with van der Waals surface area (Å²) in [6.07, 6.45) is 0. The summed E-state index contributed by atoms with van der Waals surface area (Å²) in [5.41, 5.74) is 0.877. The molecule has 0 fully saturated rings. The first-order valence-electron chi connectivity index (χ1n) is 2.83. The standard InChI is InChI=1S/C7H4Cl3I/c1-3-4(8)2-5(9)7(11)6(3)10/h2H,1H3. The summed E-state index contributed by atoms with van der Waals surface area (Å²) in [6, 6.07) is 1.70. The van der Waals surface area contributed by atoms with E-state index in [2.05, 4.69) is 22.6 Å². The lowest BCUT2D eigenvalue weighted by atomic mass is 10.2. The van der Waals surface area contributed by atoms with E-state index in [1.165, 1.54) is 0 Å². The van der Waals surface area contributed by atoms with Crippen molar-refractivity contribution in [1.82, 2.24) is 0 Å². The van der Waals surface area contributed by atoms with Crippen LogP contribution in [0.2, 0.25) is 15.1 Å². The normalized spacial score (nSPS) is 10.3. The van der Waals surface area contributed by atoms with Crippen molar-refractivity contribution in [3.05, 3.63) is 30.3 Å². The third kappa shape index (κ3) is 1.94. The first kappa shape index (κ1) is 9.90.